The van der Waals surface area contributed by atoms with Crippen LogP contribution >= 0.6 is 0 Å². The fourth-order valence-electron chi connectivity index (χ4n) is 4.78. The van der Waals surface area contributed by atoms with Crippen LogP contribution in [0.25, 0.3) is 0 Å². The van der Waals surface area contributed by atoms with E-state index in [1.165, 1.54) is 10.5 Å². The summed E-state index contributed by atoms with van der Waals surface area (Å²) in [5, 5.41) is 2.89. The van der Waals surface area contributed by atoms with Crippen molar-refractivity contribution in [1.82, 2.24) is 19.6 Å². The number of nitrogens with zero attached hydrogens (tertiary/aromatic N) is 4. The first-order valence-corrected chi connectivity index (χ1v) is 12.4. The highest BCUT2D eigenvalue weighted by molar-refractivity contribution is 5.90. The Morgan fingerprint density at radius 1 is 0.886 bits per heavy atom. The van der Waals surface area contributed by atoms with Crippen molar-refractivity contribution in [3.8, 4) is 0 Å². The van der Waals surface area contributed by atoms with E-state index in [1.807, 2.05) is 53.4 Å². The number of nitrogens with one attached hydrogen (secondary N) is 1. The molecule has 2 heterocycles. The van der Waals surface area contributed by atoms with E-state index in [1.54, 1.807) is 11.9 Å². The Bertz CT molecular complexity index is 992. The molecule has 0 saturated carbocycles. The van der Waals surface area contributed by atoms with Crippen molar-refractivity contribution in [2.75, 3.05) is 58.2 Å². The van der Waals surface area contributed by atoms with Gasteiger partial charge in [-0.05, 0) is 30.5 Å². The number of piperidine rings is 1. The number of hydrogen-bond donors (Lipinski definition) is 1. The largest absolute Gasteiger partial charge is 0.339 e. The van der Waals surface area contributed by atoms with E-state index < -0.39 is 0 Å². The first-order valence-electron chi connectivity index (χ1n) is 12.4. The van der Waals surface area contributed by atoms with Gasteiger partial charge in [-0.25, -0.2) is 4.79 Å². The topological polar surface area (TPSA) is 76.2 Å². The summed E-state index contributed by atoms with van der Waals surface area (Å²) >= 11 is 0. The van der Waals surface area contributed by atoms with Gasteiger partial charge in [0, 0.05) is 58.5 Å². The van der Waals surface area contributed by atoms with Gasteiger partial charge in [0.25, 0.3) is 0 Å². The number of urea groups is 1. The van der Waals surface area contributed by atoms with Crippen molar-refractivity contribution in [1.29, 1.82) is 0 Å². The standard InChI is InChI=1S/C27H35N5O3/c1-29(21-25(33)31-17-15-30(16-18-31)19-22-9-4-2-5-10-22)26(34)23-11-8-14-32(20-23)27(35)28-24-12-6-3-7-13-24/h2-7,9-10,12-13,23H,8,11,14-21H2,1H3,(H,28,35)/t23-/m1/s1. The number of carbonyl (C=O) groups is 3. The molecule has 2 fully saturated rings. The van der Waals surface area contributed by atoms with Crippen LogP contribution in [-0.4, -0.2) is 90.3 Å². The molecule has 0 spiro atoms. The number of amides is 4. The third kappa shape index (κ3) is 6.82. The molecule has 1 atom stereocenters. The molecule has 2 aromatic rings. The predicted molar refractivity (Wildman–Crippen MR) is 136 cm³/mol. The lowest BCUT2D eigenvalue weighted by Crippen LogP contribution is -2.52. The second-order valence-electron chi connectivity index (χ2n) is 9.42. The van der Waals surface area contributed by atoms with E-state index in [0.29, 0.717) is 26.2 Å². The summed E-state index contributed by atoms with van der Waals surface area (Å²) in [7, 11) is 1.69. The third-order valence-corrected chi connectivity index (χ3v) is 6.81. The van der Waals surface area contributed by atoms with Crippen molar-refractivity contribution in [2.24, 2.45) is 5.92 Å². The van der Waals surface area contributed by atoms with Gasteiger partial charge in [-0.2, -0.15) is 0 Å². The number of para-hydroxylation sites is 1. The van der Waals surface area contributed by atoms with Gasteiger partial charge in [-0.1, -0.05) is 48.5 Å². The van der Waals surface area contributed by atoms with E-state index in [2.05, 4.69) is 22.3 Å². The monoisotopic (exact) mass is 477 g/mol. The molecule has 2 aliphatic heterocycles. The Morgan fingerprint density at radius 2 is 1.54 bits per heavy atom. The smallest absolute Gasteiger partial charge is 0.321 e. The van der Waals surface area contributed by atoms with Gasteiger partial charge in [0.05, 0.1) is 12.5 Å². The van der Waals surface area contributed by atoms with E-state index in [0.717, 1.165) is 38.2 Å². The molecule has 0 aromatic heterocycles. The SMILES string of the molecule is CN(CC(=O)N1CCN(Cc2ccccc2)CC1)C(=O)[C@@H]1CCCN(C(=O)Nc2ccccc2)C1. The minimum atomic E-state index is -0.286. The molecule has 0 aliphatic carbocycles. The Labute approximate surface area is 207 Å². The first kappa shape index (κ1) is 24.7. The van der Waals surface area contributed by atoms with Crippen LogP contribution in [0.4, 0.5) is 10.5 Å². The Hall–Kier alpha value is -3.39. The minimum absolute atomic E-state index is 0.0188. The zero-order chi connectivity index (χ0) is 24.6. The van der Waals surface area contributed by atoms with E-state index in [4.69, 9.17) is 0 Å². The summed E-state index contributed by atoms with van der Waals surface area (Å²) in [5.41, 5.74) is 2.01. The maximum absolute atomic E-state index is 13.1. The molecule has 2 aromatic carbocycles. The second kappa shape index (κ2) is 11.8. The summed E-state index contributed by atoms with van der Waals surface area (Å²) in [6.07, 6.45) is 1.49. The molecule has 186 valence electrons. The molecule has 0 bridgehead atoms. The van der Waals surface area contributed by atoms with Crippen LogP contribution in [0, 0.1) is 5.92 Å². The molecule has 8 nitrogen and oxygen atoms in total. The molecule has 35 heavy (non-hydrogen) atoms. The Morgan fingerprint density at radius 3 is 2.23 bits per heavy atom. The normalized spacial score (nSPS) is 18.7. The fourth-order valence-corrected chi connectivity index (χ4v) is 4.78. The molecule has 4 amide bonds. The number of rotatable bonds is 6. The molecule has 0 radical (unpaired) electrons. The lowest BCUT2D eigenvalue weighted by molar-refractivity contribution is -0.143. The summed E-state index contributed by atoms with van der Waals surface area (Å²) in [4.78, 5) is 46.0. The van der Waals surface area contributed by atoms with Crippen LogP contribution in [0.15, 0.2) is 60.7 Å². The highest BCUT2D eigenvalue weighted by Crippen LogP contribution is 2.20. The minimum Gasteiger partial charge on any atom is -0.339 e. The molecule has 2 aliphatic rings. The van der Waals surface area contributed by atoms with Gasteiger partial charge >= 0.3 is 6.03 Å². The van der Waals surface area contributed by atoms with Gasteiger partial charge in [0.2, 0.25) is 11.8 Å². The third-order valence-electron chi connectivity index (χ3n) is 6.81. The Kier molecular flexibility index (Phi) is 8.36. The van der Waals surface area contributed by atoms with E-state index in [9.17, 15) is 14.4 Å². The zero-order valence-corrected chi connectivity index (χ0v) is 20.4. The maximum atomic E-state index is 13.1. The van der Waals surface area contributed by atoms with Crippen molar-refractivity contribution in [2.45, 2.75) is 19.4 Å². The molecular formula is C27H35N5O3. The van der Waals surface area contributed by atoms with Crippen molar-refractivity contribution < 1.29 is 14.4 Å². The van der Waals surface area contributed by atoms with Gasteiger partial charge in [-0.3, -0.25) is 14.5 Å². The number of likely N-dealkylation sites (N-methyl/N-ethyl adjacent to an activating group) is 1. The fraction of sp³-hybridized carbons (Fsp3) is 0.444. The number of hydrogen-bond acceptors (Lipinski definition) is 4. The highest BCUT2D eigenvalue weighted by atomic mass is 16.2. The molecule has 4 rings (SSSR count). The number of piperazine rings is 1. The number of likely N-dealkylation sites (tertiary alicyclic amines) is 1. The van der Waals surface area contributed by atoms with Gasteiger partial charge in [0.15, 0.2) is 0 Å². The summed E-state index contributed by atoms with van der Waals surface area (Å²) < 4.78 is 0. The number of anilines is 1. The Balaban J connectivity index is 1.22. The van der Waals surface area contributed by atoms with E-state index in [-0.39, 0.29) is 30.3 Å². The first-order chi connectivity index (χ1) is 17.0. The van der Waals surface area contributed by atoms with Crippen LogP contribution in [-0.2, 0) is 16.1 Å². The van der Waals surface area contributed by atoms with Crippen LogP contribution in [0.1, 0.15) is 18.4 Å². The summed E-state index contributed by atoms with van der Waals surface area (Å²) in [6, 6.07) is 19.5. The van der Waals surface area contributed by atoms with Crippen molar-refractivity contribution >= 4 is 23.5 Å². The van der Waals surface area contributed by atoms with Crippen LogP contribution in [0.5, 0.6) is 0 Å². The van der Waals surface area contributed by atoms with Gasteiger partial charge in [0.1, 0.15) is 0 Å². The quantitative estimate of drug-likeness (QED) is 0.694. The lowest BCUT2D eigenvalue weighted by Gasteiger charge is -2.36. The second-order valence-corrected chi connectivity index (χ2v) is 9.42. The van der Waals surface area contributed by atoms with Gasteiger partial charge in [-0.15, -0.1) is 0 Å². The lowest BCUT2D eigenvalue weighted by atomic mass is 9.97. The van der Waals surface area contributed by atoms with Crippen molar-refractivity contribution in [3.05, 3.63) is 66.2 Å². The van der Waals surface area contributed by atoms with Crippen LogP contribution in [0.3, 0.4) is 0 Å². The van der Waals surface area contributed by atoms with Gasteiger partial charge < -0.3 is 20.0 Å². The molecular weight excluding hydrogens is 442 g/mol. The average molecular weight is 478 g/mol. The molecule has 1 N–H and O–H groups in total. The van der Waals surface area contributed by atoms with E-state index >= 15 is 0 Å². The summed E-state index contributed by atoms with van der Waals surface area (Å²) in [5.74, 6) is -0.376. The van der Waals surface area contributed by atoms with Crippen LogP contribution in [0.2, 0.25) is 0 Å². The molecule has 2 saturated heterocycles. The summed E-state index contributed by atoms with van der Waals surface area (Å²) in [6.45, 7) is 4.95. The molecule has 8 heteroatoms. The number of benzene rings is 2. The maximum Gasteiger partial charge on any atom is 0.321 e. The molecule has 0 unspecified atom stereocenters. The number of carbonyl (C=O) groups excluding carboxylic acids is 3. The average Bonchev–Trinajstić information content (AvgIpc) is 2.90. The zero-order valence-electron chi connectivity index (χ0n) is 20.4. The van der Waals surface area contributed by atoms with Crippen molar-refractivity contribution in [3.63, 3.8) is 0 Å². The highest BCUT2D eigenvalue weighted by Gasteiger charge is 2.31. The predicted octanol–water partition coefficient (Wildman–Crippen LogP) is 2.73. The van der Waals surface area contributed by atoms with Crippen LogP contribution < -0.4 is 5.32 Å².